The minimum atomic E-state index is -0.0585. The van der Waals surface area contributed by atoms with Gasteiger partial charge in [0, 0.05) is 17.6 Å². The van der Waals surface area contributed by atoms with Gasteiger partial charge in [0.1, 0.15) is 5.76 Å². The smallest absolute Gasteiger partial charge is 0.252 e. The van der Waals surface area contributed by atoms with Crippen LogP contribution in [-0.2, 0) is 19.5 Å². The van der Waals surface area contributed by atoms with Crippen LogP contribution in [0.1, 0.15) is 87.2 Å². The lowest BCUT2D eigenvalue weighted by Crippen LogP contribution is -2.33. The number of rotatable bonds is 10. The molecule has 1 aromatic carbocycles. The van der Waals surface area contributed by atoms with E-state index < -0.39 is 0 Å². The van der Waals surface area contributed by atoms with E-state index in [1.807, 2.05) is 28.9 Å². The van der Waals surface area contributed by atoms with Gasteiger partial charge in [-0.05, 0) is 77.4 Å². The average Bonchev–Trinajstić information content (AvgIpc) is 3.65. The Morgan fingerprint density at radius 2 is 2.03 bits per heavy atom. The van der Waals surface area contributed by atoms with Crippen LogP contribution in [0.2, 0.25) is 0 Å². The zero-order valence-corrected chi connectivity index (χ0v) is 20.6. The molecule has 0 unspecified atom stereocenters. The Hall–Kier alpha value is -3.26. The predicted molar refractivity (Wildman–Crippen MR) is 135 cm³/mol. The molecule has 0 saturated heterocycles. The van der Waals surface area contributed by atoms with Crippen LogP contribution in [0.15, 0.2) is 51.9 Å². The third-order valence-corrected chi connectivity index (χ3v) is 7.20. The molecule has 4 aromatic rings. The highest BCUT2D eigenvalue weighted by molar-refractivity contribution is 5.79. The van der Waals surface area contributed by atoms with Crippen molar-refractivity contribution in [3.8, 4) is 0 Å². The van der Waals surface area contributed by atoms with Crippen molar-refractivity contribution >= 4 is 10.9 Å². The number of H-pyrrole nitrogens is 1. The van der Waals surface area contributed by atoms with Crippen molar-refractivity contribution in [2.75, 3.05) is 0 Å². The summed E-state index contributed by atoms with van der Waals surface area (Å²) in [6.07, 6.45) is 9.16. The number of hydrogen-bond acceptors (Lipinski definition) is 6. The van der Waals surface area contributed by atoms with Gasteiger partial charge < -0.3 is 9.40 Å². The largest absolute Gasteiger partial charge is 0.468 e. The van der Waals surface area contributed by atoms with Gasteiger partial charge >= 0.3 is 0 Å². The summed E-state index contributed by atoms with van der Waals surface area (Å²) < 4.78 is 7.76. The average molecular weight is 475 g/mol. The molecular formula is C27H34N6O2. The Morgan fingerprint density at radius 3 is 2.77 bits per heavy atom. The van der Waals surface area contributed by atoms with Gasteiger partial charge in [-0.25, -0.2) is 4.68 Å². The molecule has 35 heavy (non-hydrogen) atoms. The molecule has 3 aromatic heterocycles. The Morgan fingerprint density at radius 1 is 1.17 bits per heavy atom. The summed E-state index contributed by atoms with van der Waals surface area (Å²) in [5.41, 5.74) is 2.79. The van der Waals surface area contributed by atoms with Crippen molar-refractivity contribution < 1.29 is 4.42 Å². The summed E-state index contributed by atoms with van der Waals surface area (Å²) in [6, 6.07) is 12.5. The second kappa shape index (κ2) is 10.6. The zero-order valence-electron chi connectivity index (χ0n) is 20.6. The van der Waals surface area contributed by atoms with Gasteiger partial charge in [0.15, 0.2) is 5.82 Å². The molecule has 184 valence electrons. The molecule has 1 aliphatic carbocycles. The molecular weight excluding hydrogens is 440 g/mol. The molecule has 0 amide bonds. The maximum atomic E-state index is 13.1. The molecule has 0 aliphatic heterocycles. The molecule has 1 atom stereocenters. The van der Waals surface area contributed by atoms with Gasteiger partial charge in [-0.2, -0.15) is 0 Å². The Labute approximate surface area is 205 Å². The second-order valence-electron chi connectivity index (χ2n) is 9.61. The first-order chi connectivity index (χ1) is 17.2. The van der Waals surface area contributed by atoms with Crippen LogP contribution in [0.3, 0.4) is 0 Å². The van der Waals surface area contributed by atoms with E-state index in [2.05, 4.69) is 51.4 Å². The second-order valence-corrected chi connectivity index (χ2v) is 9.61. The Kier molecular flexibility index (Phi) is 7.08. The van der Waals surface area contributed by atoms with E-state index in [0.717, 1.165) is 60.2 Å². The van der Waals surface area contributed by atoms with Crippen LogP contribution in [0.4, 0.5) is 0 Å². The number of fused-ring (bicyclic) bond motifs is 1. The van der Waals surface area contributed by atoms with Crippen molar-refractivity contribution in [2.24, 2.45) is 0 Å². The molecule has 1 aliphatic rings. The fourth-order valence-corrected chi connectivity index (χ4v) is 5.31. The summed E-state index contributed by atoms with van der Waals surface area (Å²) in [5.74, 6) is 1.74. The Bertz CT molecular complexity index is 1300. The van der Waals surface area contributed by atoms with Gasteiger partial charge in [-0.1, -0.05) is 39.2 Å². The van der Waals surface area contributed by atoms with E-state index in [9.17, 15) is 4.79 Å². The van der Waals surface area contributed by atoms with E-state index in [-0.39, 0.29) is 11.6 Å². The van der Waals surface area contributed by atoms with E-state index in [1.165, 1.54) is 18.4 Å². The Balaban J connectivity index is 1.53. The fraction of sp³-hybridized carbons (Fsp3) is 0.481. The molecule has 1 saturated carbocycles. The normalized spacial score (nSPS) is 15.4. The summed E-state index contributed by atoms with van der Waals surface area (Å²) in [5, 5.41) is 14.0. The summed E-state index contributed by atoms with van der Waals surface area (Å²) in [6.45, 7) is 5.37. The topological polar surface area (TPSA) is 92.8 Å². The monoisotopic (exact) mass is 474 g/mol. The highest BCUT2D eigenvalue weighted by Crippen LogP contribution is 2.34. The summed E-state index contributed by atoms with van der Waals surface area (Å²) in [4.78, 5) is 18.5. The summed E-state index contributed by atoms with van der Waals surface area (Å²) in [7, 11) is 0. The van der Waals surface area contributed by atoms with Crippen LogP contribution >= 0.6 is 0 Å². The van der Waals surface area contributed by atoms with Crippen LogP contribution in [0, 0.1) is 0 Å². The standard InChI is InChI=1S/C27H34N6O2/c1-3-8-25(26-29-30-31-33(26)22-9-5-6-10-22)32(18-23-11-7-14-35-23)17-21-16-20-15-19(4-2)12-13-24(20)28-27(21)34/h7,11-16,22,25H,3-6,8-10,17-18H2,1-2H3,(H,28,34)/t25-/m0/s1. The van der Waals surface area contributed by atoms with Crippen LogP contribution in [0.5, 0.6) is 0 Å². The third kappa shape index (κ3) is 5.07. The van der Waals surface area contributed by atoms with Gasteiger partial charge in [0.25, 0.3) is 5.56 Å². The SMILES string of the molecule is CCC[C@@H](c1nnnn1C1CCCC1)N(Cc1ccco1)Cc1cc2cc(CC)ccc2[nH]c1=O. The number of aromatic amines is 1. The van der Waals surface area contributed by atoms with Gasteiger partial charge in [0.2, 0.25) is 0 Å². The predicted octanol–water partition coefficient (Wildman–Crippen LogP) is 5.33. The van der Waals surface area contributed by atoms with E-state index in [0.29, 0.717) is 19.1 Å². The number of furan rings is 1. The number of aromatic nitrogens is 5. The molecule has 3 heterocycles. The van der Waals surface area contributed by atoms with E-state index in [4.69, 9.17) is 4.42 Å². The molecule has 1 fully saturated rings. The quantitative estimate of drug-likeness (QED) is 0.334. The van der Waals surface area contributed by atoms with Crippen molar-refractivity contribution in [1.82, 2.24) is 30.1 Å². The number of tetrazole rings is 1. The molecule has 5 rings (SSSR count). The number of pyridine rings is 1. The highest BCUT2D eigenvalue weighted by Gasteiger charge is 2.30. The molecule has 8 heteroatoms. The van der Waals surface area contributed by atoms with Gasteiger partial charge in [-0.3, -0.25) is 9.69 Å². The van der Waals surface area contributed by atoms with E-state index in [1.54, 1.807) is 6.26 Å². The van der Waals surface area contributed by atoms with Crippen molar-refractivity contribution in [3.63, 3.8) is 0 Å². The van der Waals surface area contributed by atoms with Crippen molar-refractivity contribution in [3.05, 3.63) is 75.7 Å². The third-order valence-electron chi connectivity index (χ3n) is 7.20. The van der Waals surface area contributed by atoms with E-state index >= 15 is 0 Å². The minimum Gasteiger partial charge on any atom is -0.468 e. The molecule has 0 bridgehead atoms. The lowest BCUT2D eigenvalue weighted by atomic mass is 10.0. The number of hydrogen-bond donors (Lipinski definition) is 1. The fourth-order valence-electron chi connectivity index (χ4n) is 5.31. The first-order valence-electron chi connectivity index (χ1n) is 12.8. The van der Waals surface area contributed by atoms with Crippen molar-refractivity contribution in [2.45, 2.75) is 84.0 Å². The maximum Gasteiger partial charge on any atom is 0.252 e. The maximum absolute atomic E-state index is 13.1. The number of benzene rings is 1. The van der Waals surface area contributed by atoms with Gasteiger partial charge in [0.05, 0.1) is 24.9 Å². The van der Waals surface area contributed by atoms with Crippen LogP contribution in [0.25, 0.3) is 10.9 Å². The molecule has 0 radical (unpaired) electrons. The lowest BCUT2D eigenvalue weighted by Gasteiger charge is -2.31. The number of nitrogens with one attached hydrogen (secondary N) is 1. The first-order valence-corrected chi connectivity index (χ1v) is 12.8. The lowest BCUT2D eigenvalue weighted by molar-refractivity contribution is 0.142. The van der Waals surface area contributed by atoms with Crippen molar-refractivity contribution in [1.29, 1.82) is 0 Å². The minimum absolute atomic E-state index is 0.0298. The van der Waals surface area contributed by atoms with Crippen LogP contribution < -0.4 is 5.56 Å². The van der Waals surface area contributed by atoms with Crippen LogP contribution in [-0.4, -0.2) is 30.1 Å². The van der Waals surface area contributed by atoms with Gasteiger partial charge in [-0.15, -0.1) is 5.10 Å². The number of aryl methyl sites for hydroxylation is 1. The number of nitrogens with zero attached hydrogens (tertiary/aromatic N) is 5. The molecule has 0 spiro atoms. The zero-order chi connectivity index (χ0) is 24.2. The highest BCUT2D eigenvalue weighted by atomic mass is 16.3. The first kappa shape index (κ1) is 23.5. The molecule has 8 nitrogen and oxygen atoms in total. The summed E-state index contributed by atoms with van der Waals surface area (Å²) >= 11 is 0. The molecule has 1 N–H and O–H groups in total.